The van der Waals surface area contributed by atoms with Crippen LogP contribution < -0.4 is 15.8 Å². The lowest BCUT2D eigenvalue weighted by atomic mass is 10.1. The Kier molecular flexibility index (Phi) is 9.06. The normalized spacial score (nSPS) is 16.0. The van der Waals surface area contributed by atoms with Crippen LogP contribution in [0, 0.1) is 10.1 Å². The number of carbonyl (C=O) groups is 1. The van der Waals surface area contributed by atoms with Gasteiger partial charge >= 0.3 is 6.18 Å². The highest BCUT2D eigenvalue weighted by molar-refractivity contribution is 7.18. The van der Waals surface area contributed by atoms with E-state index in [0.717, 1.165) is 23.1 Å². The standard InChI is InChI=1S/C31H32F3N7O4S/c32-31(33,34)22-2-1-3-24(18-22)39-15-12-37(13-16-39)14-17-40-20-36-29-27(30(40)43)25-8-10-38(19-26(25)46-29)11-9-35-28(42)21-4-6-23(7-5-21)41(44)45/h1-7,18,20H,8-17,19H2,(H,35,42). The van der Waals surface area contributed by atoms with Gasteiger partial charge in [0.05, 0.1) is 22.2 Å². The van der Waals surface area contributed by atoms with Gasteiger partial charge in [-0.2, -0.15) is 13.2 Å². The molecule has 46 heavy (non-hydrogen) atoms. The van der Waals surface area contributed by atoms with Crippen LogP contribution >= 0.6 is 11.3 Å². The summed E-state index contributed by atoms with van der Waals surface area (Å²) < 4.78 is 41.1. The first-order valence-electron chi connectivity index (χ1n) is 15.0. The molecule has 1 N–H and O–H groups in total. The molecule has 4 aromatic rings. The van der Waals surface area contributed by atoms with Gasteiger partial charge in [0.1, 0.15) is 4.83 Å². The molecule has 2 aromatic carbocycles. The van der Waals surface area contributed by atoms with E-state index in [1.807, 2.05) is 4.90 Å². The lowest BCUT2D eigenvalue weighted by Crippen LogP contribution is -2.47. The van der Waals surface area contributed by atoms with Gasteiger partial charge in [-0.25, -0.2) is 4.98 Å². The number of piperazine rings is 1. The van der Waals surface area contributed by atoms with E-state index in [1.165, 1.54) is 47.7 Å². The van der Waals surface area contributed by atoms with Crippen molar-refractivity contribution >= 4 is 38.8 Å². The zero-order chi connectivity index (χ0) is 32.4. The molecule has 2 aliphatic heterocycles. The number of alkyl halides is 3. The van der Waals surface area contributed by atoms with Crippen molar-refractivity contribution in [3.8, 4) is 0 Å². The Morgan fingerprint density at radius 3 is 2.48 bits per heavy atom. The second-order valence-corrected chi connectivity index (χ2v) is 12.5. The predicted octanol–water partition coefficient (Wildman–Crippen LogP) is 4.00. The fourth-order valence-electron chi connectivity index (χ4n) is 5.94. The first-order chi connectivity index (χ1) is 22.1. The van der Waals surface area contributed by atoms with Gasteiger partial charge in [0, 0.05) is 93.7 Å². The average molecular weight is 656 g/mol. The molecule has 0 atom stereocenters. The number of non-ortho nitro benzene ring substituents is 1. The number of rotatable bonds is 9. The highest BCUT2D eigenvalue weighted by Crippen LogP contribution is 2.33. The van der Waals surface area contributed by atoms with Crippen molar-refractivity contribution < 1.29 is 22.9 Å². The molecule has 242 valence electrons. The zero-order valence-electron chi connectivity index (χ0n) is 24.8. The zero-order valence-corrected chi connectivity index (χ0v) is 25.6. The Morgan fingerprint density at radius 2 is 1.76 bits per heavy atom. The van der Waals surface area contributed by atoms with E-state index >= 15 is 0 Å². The topological polar surface area (TPSA) is 117 Å². The highest BCUT2D eigenvalue weighted by Gasteiger charge is 2.31. The van der Waals surface area contributed by atoms with Gasteiger partial charge in [-0.05, 0) is 42.3 Å². The number of amides is 1. The molecule has 1 saturated heterocycles. The third-order valence-corrected chi connectivity index (χ3v) is 9.65. The number of hydrogen-bond donors (Lipinski definition) is 1. The Balaban J connectivity index is 1.01. The molecule has 2 aliphatic rings. The van der Waals surface area contributed by atoms with Crippen molar-refractivity contribution in [1.82, 2.24) is 24.7 Å². The molecule has 15 heteroatoms. The second-order valence-electron chi connectivity index (χ2n) is 11.4. The van der Waals surface area contributed by atoms with E-state index in [-0.39, 0.29) is 17.2 Å². The molecule has 0 bridgehead atoms. The Hall–Kier alpha value is -4.34. The SMILES string of the molecule is O=C(NCCN1CCc2c(sc3ncn(CCN4CCN(c5cccc(C(F)(F)F)c5)CC4)c(=O)c23)C1)c1ccc([N+](=O)[O-])cc1. The van der Waals surface area contributed by atoms with Crippen LogP contribution in [-0.4, -0.2) is 82.5 Å². The Morgan fingerprint density at radius 1 is 1.00 bits per heavy atom. The van der Waals surface area contributed by atoms with Crippen LogP contribution in [-0.2, 0) is 25.7 Å². The molecular weight excluding hydrogens is 623 g/mol. The summed E-state index contributed by atoms with van der Waals surface area (Å²) in [4.78, 5) is 49.1. The smallest absolute Gasteiger partial charge is 0.369 e. The van der Waals surface area contributed by atoms with Crippen LogP contribution in [0.4, 0.5) is 24.5 Å². The van der Waals surface area contributed by atoms with E-state index < -0.39 is 16.7 Å². The van der Waals surface area contributed by atoms with Crippen molar-refractivity contribution in [1.29, 1.82) is 0 Å². The molecule has 1 amide bonds. The Bertz CT molecular complexity index is 1800. The number of nitro groups is 1. The molecule has 4 heterocycles. The largest absolute Gasteiger partial charge is 0.416 e. The molecule has 0 unspecified atom stereocenters. The van der Waals surface area contributed by atoms with Crippen LogP contribution in [0.25, 0.3) is 10.2 Å². The summed E-state index contributed by atoms with van der Waals surface area (Å²) in [6.45, 7) is 6.07. The van der Waals surface area contributed by atoms with Gasteiger partial charge in [-0.3, -0.25) is 34.1 Å². The predicted molar refractivity (Wildman–Crippen MR) is 168 cm³/mol. The number of nitrogens with zero attached hydrogens (tertiary/aromatic N) is 6. The highest BCUT2D eigenvalue weighted by atomic mass is 32.1. The van der Waals surface area contributed by atoms with Crippen molar-refractivity contribution in [2.75, 3.05) is 57.3 Å². The first-order valence-corrected chi connectivity index (χ1v) is 15.8. The number of benzene rings is 2. The number of fused-ring (bicyclic) bond motifs is 3. The van der Waals surface area contributed by atoms with Crippen LogP contribution in [0.2, 0.25) is 0 Å². The number of aromatic nitrogens is 2. The third-order valence-electron chi connectivity index (χ3n) is 8.53. The van der Waals surface area contributed by atoms with Crippen LogP contribution in [0.3, 0.4) is 0 Å². The number of halogens is 3. The van der Waals surface area contributed by atoms with Crippen molar-refractivity contribution in [2.45, 2.75) is 25.7 Å². The van der Waals surface area contributed by atoms with Crippen molar-refractivity contribution in [3.63, 3.8) is 0 Å². The second kappa shape index (κ2) is 13.2. The fraction of sp³-hybridized carbons (Fsp3) is 0.387. The molecule has 0 spiro atoms. The average Bonchev–Trinajstić information content (AvgIpc) is 3.43. The summed E-state index contributed by atoms with van der Waals surface area (Å²) in [5.74, 6) is -0.295. The van der Waals surface area contributed by atoms with E-state index in [1.54, 1.807) is 17.0 Å². The number of hydrogen-bond acceptors (Lipinski definition) is 9. The summed E-state index contributed by atoms with van der Waals surface area (Å²) in [5, 5.41) is 14.4. The molecular formula is C31H32F3N7O4S. The van der Waals surface area contributed by atoms with Gasteiger partial charge in [-0.15, -0.1) is 11.3 Å². The number of carbonyl (C=O) groups excluding carboxylic acids is 1. The lowest BCUT2D eigenvalue weighted by Gasteiger charge is -2.36. The lowest BCUT2D eigenvalue weighted by molar-refractivity contribution is -0.384. The van der Waals surface area contributed by atoms with Gasteiger partial charge < -0.3 is 10.2 Å². The van der Waals surface area contributed by atoms with Gasteiger partial charge in [0.15, 0.2) is 0 Å². The number of nitrogens with one attached hydrogen (secondary N) is 1. The molecule has 2 aromatic heterocycles. The maximum Gasteiger partial charge on any atom is 0.416 e. The number of anilines is 1. The van der Waals surface area contributed by atoms with Gasteiger partial charge in [0.25, 0.3) is 17.2 Å². The van der Waals surface area contributed by atoms with E-state index in [9.17, 15) is 32.9 Å². The molecule has 0 saturated carbocycles. The quantitative estimate of drug-likeness (QED) is 0.213. The van der Waals surface area contributed by atoms with Crippen molar-refractivity contribution in [2.24, 2.45) is 0 Å². The molecule has 1 fully saturated rings. The summed E-state index contributed by atoms with van der Waals surface area (Å²) in [5.41, 5.74) is 1.17. The summed E-state index contributed by atoms with van der Waals surface area (Å²) in [6.07, 6.45) is -2.08. The molecule has 6 rings (SSSR count). The summed E-state index contributed by atoms with van der Waals surface area (Å²) in [6, 6.07) is 10.9. The van der Waals surface area contributed by atoms with Gasteiger partial charge in [0.2, 0.25) is 0 Å². The van der Waals surface area contributed by atoms with E-state index in [4.69, 9.17) is 0 Å². The molecule has 11 nitrogen and oxygen atoms in total. The Labute approximate surface area is 266 Å². The fourth-order valence-corrected chi connectivity index (χ4v) is 7.16. The summed E-state index contributed by atoms with van der Waals surface area (Å²) >= 11 is 1.52. The minimum Gasteiger partial charge on any atom is -0.369 e. The maximum atomic E-state index is 13.5. The summed E-state index contributed by atoms with van der Waals surface area (Å²) in [7, 11) is 0. The van der Waals surface area contributed by atoms with E-state index in [2.05, 4.69) is 20.1 Å². The maximum absolute atomic E-state index is 13.5. The minimum absolute atomic E-state index is 0.0612. The third kappa shape index (κ3) is 6.90. The van der Waals surface area contributed by atoms with E-state index in [0.29, 0.717) is 86.8 Å². The van der Waals surface area contributed by atoms with Crippen LogP contribution in [0.1, 0.15) is 26.4 Å². The number of thiophene rings is 1. The molecule has 0 radical (unpaired) electrons. The number of nitro benzene ring substituents is 1. The minimum atomic E-state index is -4.37. The van der Waals surface area contributed by atoms with Crippen LogP contribution in [0.15, 0.2) is 59.7 Å². The van der Waals surface area contributed by atoms with Crippen molar-refractivity contribution in [3.05, 3.63) is 96.9 Å². The molecule has 0 aliphatic carbocycles. The first kappa shape index (κ1) is 31.6. The monoisotopic (exact) mass is 655 g/mol. The van der Waals surface area contributed by atoms with Crippen LogP contribution in [0.5, 0.6) is 0 Å². The van der Waals surface area contributed by atoms with Gasteiger partial charge in [-0.1, -0.05) is 6.07 Å².